The summed E-state index contributed by atoms with van der Waals surface area (Å²) in [6.45, 7) is 0. The van der Waals surface area contributed by atoms with Crippen molar-refractivity contribution < 1.29 is 18.4 Å². The topological polar surface area (TPSA) is 71.3 Å². The first kappa shape index (κ1) is 16.7. The standard InChI is InChI=1S/C18H12ClFN2O3/c19-11-7-8-14(21-18(24)16-6-3-9-25-16)12(10-11)17(23)22-15-5-2-1-4-13(15)20/h1-10H,(H,21,24)(H,22,23). The molecule has 25 heavy (non-hydrogen) atoms. The molecule has 0 fully saturated rings. The molecule has 0 bridgehead atoms. The van der Waals surface area contributed by atoms with Crippen LogP contribution in [0.2, 0.25) is 5.02 Å². The first-order valence-electron chi connectivity index (χ1n) is 7.25. The van der Waals surface area contributed by atoms with E-state index in [1.54, 1.807) is 12.1 Å². The molecule has 0 aliphatic carbocycles. The third kappa shape index (κ3) is 3.87. The van der Waals surface area contributed by atoms with Crippen LogP contribution in [0.4, 0.5) is 15.8 Å². The molecule has 0 radical (unpaired) electrons. The van der Waals surface area contributed by atoms with Gasteiger partial charge in [-0.05, 0) is 42.5 Å². The molecule has 0 spiro atoms. The molecular formula is C18H12ClFN2O3. The van der Waals surface area contributed by atoms with Crippen molar-refractivity contribution in [1.82, 2.24) is 0 Å². The first-order chi connectivity index (χ1) is 12.0. The maximum Gasteiger partial charge on any atom is 0.291 e. The van der Waals surface area contributed by atoms with Crippen molar-refractivity contribution in [2.75, 3.05) is 10.6 Å². The minimum Gasteiger partial charge on any atom is -0.459 e. The molecule has 1 heterocycles. The van der Waals surface area contributed by atoms with Gasteiger partial charge in [0.25, 0.3) is 11.8 Å². The minimum atomic E-state index is -0.609. The van der Waals surface area contributed by atoms with Gasteiger partial charge < -0.3 is 15.1 Å². The van der Waals surface area contributed by atoms with E-state index in [0.717, 1.165) is 0 Å². The minimum absolute atomic E-state index is 0.0239. The number of hydrogen-bond donors (Lipinski definition) is 2. The average molecular weight is 359 g/mol. The smallest absolute Gasteiger partial charge is 0.291 e. The number of halogens is 2. The predicted octanol–water partition coefficient (Wildman–Crippen LogP) is 4.58. The van der Waals surface area contributed by atoms with E-state index in [4.69, 9.17) is 16.0 Å². The predicted molar refractivity (Wildman–Crippen MR) is 92.5 cm³/mol. The Bertz CT molecular complexity index is 926. The second kappa shape index (κ2) is 7.19. The lowest BCUT2D eigenvalue weighted by Gasteiger charge is -2.12. The summed E-state index contributed by atoms with van der Waals surface area (Å²) in [6, 6.07) is 13.2. The number of benzene rings is 2. The molecule has 126 valence electrons. The number of rotatable bonds is 4. The van der Waals surface area contributed by atoms with Gasteiger partial charge in [0.05, 0.1) is 23.2 Å². The van der Waals surface area contributed by atoms with E-state index in [-0.39, 0.29) is 22.7 Å². The molecule has 2 amide bonds. The van der Waals surface area contributed by atoms with Crippen LogP contribution in [0.3, 0.4) is 0 Å². The van der Waals surface area contributed by atoms with Crippen molar-refractivity contribution in [3.63, 3.8) is 0 Å². The highest BCUT2D eigenvalue weighted by atomic mass is 35.5. The van der Waals surface area contributed by atoms with Crippen molar-refractivity contribution in [2.24, 2.45) is 0 Å². The monoisotopic (exact) mass is 358 g/mol. The molecule has 3 aromatic rings. The Morgan fingerprint density at radius 3 is 2.40 bits per heavy atom. The number of carbonyl (C=O) groups excluding carboxylic acids is 2. The van der Waals surface area contributed by atoms with Crippen LogP contribution in [-0.4, -0.2) is 11.8 Å². The Morgan fingerprint density at radius 1 is 0.920 bits per heavy atom. The van der Waals surface area contributed by atoms with Crippen LogP contribution >= 0.6 is 11.6 Å². The normalized spacial score (nSPS) is 10.3. The van der Waals surface area contributed by atoms with Gasteiger partial charge in [0.15, 0.2) is 5.76 Å². The van der Waals surface area contributed by atoms with Gasteiger partial charge >= 0.3 is 0 Å². The van der Waals surface area contributed by atoms with Gasteiger partial charge in [-0.25, -0.2) is 4.39 Å². The zero-order valence-corrected chi connectivity index (χ0v) is 13.5. The summed E-state index contributed by atoms with van der Waals surface area (Å²) < 4.78 is 18.7. The molecule has 0 saturated heterocycles. The van der Waals surface area contributed by atoms with Gasteiger partial charge in [0, 0.05) is 5.02 Å². The molecule has 1 aromatic heterocycles. The van der Waals surface area contributed by atoms with Crippen LogP contribution in [0.15, 0.2) is 65.3 Å². The van der Waals surface area contributed by atoms with E-state index in [2.05, 4.69) is 10.6 Å². The number of para-hydroxylation sites is 1. The summed E-state index contributed by atoms with van der Waals surface area (Å²) >= 11 is 5.95. The Morgan fingerprint density at radius 2 is 1.68 bits per heavy atom. The molecule has 0 aliphatic rings. The molecular weight excluding hydrogens is 347 g/mol. The number of carbonyl (C=O) groups is 2. The maximum atomic E-state index is 13.7. The number of amides is 2. The molecule has 0 atom stereocenters. The van der Waals surface area contributed by atoms with E-state index in [1.165, 1.54) is 48.7 Å². The molecule has 0 unspecified atom stereocenters. The van der Waals surface area contributed by atoms with Crippen molar-refractivity contribution in [3.05, 3.63) is 83.0 Å². The average Bonchev–Trinajstić information content (AvgIpc) is 3.13. The van der Waals surface area contributed by atoms with Gasteiger partial charge in [-0.15, -0.1) is 0 Å². The van der Waals surface area contributed by atoms with E-state index in [1.807, 2.05) is 0 Å². The quantitative estimate of drug-likeness (QED) is 0.717. The summed E-state index contributed by atoms with van der Waals surface area (Å²) in [7, 11) is 0. The second-order valence-corrected chi connectivity index (χ2v) is 5.49. The summed E-state index contributed by atoms with van der Waals surface area (Å²) in [4.78, 5) is 24.6. The van der Waals surface area contributed by atoms with Gasteiger partial charge in [0.2, 0.25) is 0 Å². The highest BCUT2D eigenvalue weighted by Crippen LogP contribution is 2.23. The Labute approximate surface area is 147 Å². The fraction of sp³-hybridized carbons (Fsp3) is 0. The summed E-state index contributed by atoms with van der Waals surface area (Å²) in [5, 5.41) is 5.33. The van der Waals surface area contributed by atoms with E-state index < -0.39 is 17.6 Å². The summed E-state index contributed by atoms with van der Waals surface area (Å²) in [5.74, 6) is -1.61. The van der Waals surface area contributed by atoms with Gasteiger partial charge in [-0.2, -0.15) is 0 Å². The summed E-state index contributed by atoms with van der Waals surface area (Å²) in [5.41, 5.74) is 0.339. The second-order valence-electron chi connectivity index (χ2n) is 5.06. The van der Waals surface area contributed by atoms with Gasteiger partial charge in [-0.1, -0.05) is 23.7 Å². The zero-order chi connectivity index (χ0) is 17.8. The zero-order valence-electron chi connectivity index (χ0n) is 12.8. The molecule has 5 nitrogen and oxygen atoms in total. The molecule has 0 saturated carbocycles. The van der Waals surface area contributed by atoms with Crippen molar-refractivity contribution in [3.8, 4) is 0 Å². The van der Waals surface area contributed by atoms with E-state index in [9.17, 15) is 14.0 Å². The third-order valence-electron chi connectivity index (χ3n) is 3.34. The lowest BCUT2D eigenvalue weighted by atomic mass is 10.1. The van der Waals surface area contributed by atoms with Crippen LogP contribution in [0.5, 0.6) is 0 Å². The molecule has 0 aliphatic heterocycles. The van der Waals surface area contributed by atoms with Crippen LogP contribution in [-0.2, 0) is 0 Å². The van der Waals surface area contributed by atoms with Crippen LogP contribution < -0.4 is 10.6 Å². The van der Waals surface area contributed by atoms with Crippen molar-refractivity contribution in [2.45, 2.75) is 0 Å². The third-order valence-corrected chi connectivity index (χ3v) is 3.58. The fourth-order valence-corrected chi connectivity index (χ4v) is 2.33. The van der Waals surface area contributed by atoms with Crippen LogP contribution in [0.25, 0.3) is 0 Å². The van der Waals surface area contributed by atoms with Crippen molar-refractivity contribution in [1.29, 1.82) is 0 Å². The maximum absolute atomic E-state index is 13.7. The largest absolute Gasteiger partial charge is 0.459 e. The van der Waals surface area contributed by atoms with Crippen LogP contribution in [0, 0.1) is 5.82 Å². The molecule has 7 heteroatoms. The van der Waals surface area contributed by atoms with E-state index >= 15 is 0 Å². The number of hydrogen-bond acceptors (Lipinski definition) is 3. The van der Waals surface area contributed by atoms with Gasteiger partial charge in [-0.3, -0.25) is 9.59 Å². The number of furan rings is 1. The SMILES string of the molecule is O=C(Nc1ccc(Cl)cc1C(=O)Nc1ccccc1F)c1ccco1. The number of nitrogens with one attached hydrogen (secondary N) is 2. The van der Waals surface area contributed by atoms with E-state index in [0.29, 0.717) is 5.02 Å². The Balaban J connectivity index is 1.87. The lowest BCUT2D eigenvalue weighted by molar-refractivity contribution is 0.0996. The fourth-order valence-electron chi connectivity index (χ4n) is 2.16. The highest BCUT2D eigenvalue weighted by molar-refractivity contribution is 6.31. The number of anilines is 2. The Hall–Kier alpha value is -3.12. The molecule has 2 aromatic carbocycles. The van der Waals surface area contributed by atoms with Crippen LogP contribution in [0.1, 0.15) is 20.9 Å². The first-order valence-corrected chi connectivity index (χ1v) is 7.62. The van der Waals surface area contributed by atoms with Crippen molar-refractivity contribution >= 4 is 34.8 Å². The van der Waals surface area contributed by atoms with Gasteiger partial charge in [0.1, 0.15) is 5.82 Å². The molecule has 2 N–H and O–H groups in total. The summed E-state index contributed by atoms with van der Waals surface area (Å²) in [6.07, 6.45) is 1.36. The lowest BCUT2D eigenvalue weighted by Crippen LogP contribution is -2.18. The molecule has 3 rings (SSSR count). The highest BCUT2D eigenvalue weighted by Gasteiger charge is 2.17. The Kier molecular flexibility index (Phi) is 4.81.